The van der Waals surface area contributed by atoms with Crippen molar-refractivity contribution >= 4 is 23.9 Å². The Morgan fingerprint density at radius 2 is 0.642 bits per heavy atom. The van der Waals surface area contributed by atoms with Crippen LogP contribution in [0, 0.1) is 0 Å². The number of hydrogen-bond acceptors (Lipinski definition) is 25. The van der Waals surface area contributed by atoms with Crippen molar-refractivity contribution in [3.63, 3.8) is 0 Å². The highest BCUT2D eigenvalue weighted by molar-refractivity contribution is 5.77. The Bertz CT molecular complexity index is 1290. The van der Waals surface area contributed by atoms with Crippen molar-refractivity contribution in [2.24, 2.45) is 0 Å². The maximum Gasteiger partial charge on any atom is 0.337 e. The van der Waals surface area contributed by atoms with E-state index in [1.54, 1.807) is 0 Å². The van der Waals surface area contributed by atoms with Crippen LogP contribution in [0.25, 0.3) is 0 Å². The summed E-state index contributed by atoms with van der Waals surface area (Å²) in [6, 6.07) is 0. The number of methoxy groups -OCH3 is 4. The van der Waals surface area contributed by atoms with Gasteiger partial charge in [0.25, 0.3) is 0 Å². The Morgan fingerprint density at radius 1 is 0.358 bits per heavy atom. The Hall–Kier alpha value is -2.80. The third kappa shape index (κ3) is 8.55. The van der Waals surface area contributed by atoms with E-state index in [1.807, 2.05) is 0 Å². The Balaban J connectivity index is 1.56. The smallest absolute Gasteiger partial charge is 0.337 e. The summed E-state index contributed by atoms with van der Waals surface area (Å²) >= 11 is 0. The summed E-state index contributed by atoms with van der Waals surface area (Å²) in [5, 5.41) is 106. The Labute approximate surface area is 297 Å². The number of aliphatic hydroxyl groups excluding tert-OH is 10. The van der Waals surface area contributed by atoms with Gasteiger partial charge in [-0.15, -0.1) is 0 Å². The summed E-state index contributed by atoms with van der Waals surface area (Å²) in [5.74, 6) is -5.07. The van der Waals surface area contributed by atoms with Crippen molar-refractivity contribution < 1.29 is 122 Å². The molecule has 0 aromatic carbocycles. The molecule has 0 bridgehead atoms. The molecule has 4 aliphatic rings. The molecule has 20 atom stereocenters. The van der Waals surface area contributed by atoms with E-state index < -0.39 is 147 Å². The Kier molecular flexibility index (Phi) is 14.4. The fourth-order valence-electron chi connectivity index (χ4n) is 5.86. The van der Waals surface area contributed by atoms with E-state index in [4.69, 9.17) is 33.2 Å². The molecule has 4 aliphatic heterocycles. The molecule has 0 amide bonds. The van der Waals surface area contributed by atoms with E-state index in [-0.39, 0.29) is 0 Å². The van der Waals surface area contributed by atoms with E-state index in [1.165, 1.54) is 0 Å². The molecule has 0 spiro atoms. The van der Waals surface area contributed by atoms with Crippen molar-refractivity contribution in [3.05, 3.63) is 0 Å². The number of esters is 4. The molecule has 25 nitrogen and oxygen atoms in total. The summed E-state index contributed by atoms with van der Waals surface area (Å²) in [4.78, 5) is 50.1. The highest BCUT2D eigenvalue weighted by atomic mass is 16.8. The Morgan fingerprint density at radius 3 is 1.00 bits per heavy atom. The largest absolute Gasteiger partial charge is 0.467 e. The molecule has 0 unspecified atom stereocenters. The van der Waals surface area contributed by atoms with Crippen LogP contribution < -0.4 is 0 Å². The van der Waals surface area contributed by atoms with Crippen LogP contribution in [0.1, 0.15) is 0 Å². The summed E-state index contributed by atoms with van der Waals surface area (Å²) in [7, 11) is 3.58. The summed E-state index contributed by atoms with van der Waals surface area (Å²) < 4.78 is 56.0. The minimum atomic E-state index is -2.28. The van der Waals surface area contributed by atoms with Gasteiger partial charge in [0.2, 0.25) is 0 Å². The lowest BCUT2D eigenvalue weighted by Gasteiger charge is -2.48. The minimum Gasteiger partial charge on any atom is -0.467 e. The van der Waals surface area contributed by atoms with Crippen LogP contribution in [0.3, 0.4) is 0 Å². The van der Waals surface area contributed by atoms with E-state index in [9.17, 15) is 70.2 Å². The van der Waals surface area contributed by atoms with Gasteiger partial charge in [-0.25, -0.2) is 19.2 Å². The first kappa shape index (κ1) is 42.9. The average Bonchev–Trinajstić information content (AvgIpc) is 3.15. The monoisotopic (exact) mass is 778 g/mol. The van der Waals surface area contributed by atoms with Crippen LogP contribution in [0.5, 0.6) is 0 Å². The number of carbonyl (C=O) groups excluding carboxylic acids is 4. The molecule has 304 valence electrons. The predicted octanol–water partition coefficient (Wildman–Crippen LogP) is -9.03. The molecule has 0 radical (unpaired) electrons. The van der Waals surface area contributed by atoms with Crippen molar-refractivity contribution in [2.75, 3.05) is 28.4 Å². The van der Waals surface area contributed by atoms with E-state index in [2.05, 4.69) is 18.9 Å². The molecule has 4 heterocycles. The maximum atomic E-state index is 12.8. The van der Waals surface area contributed by atoms with Crippen LogP contribution in [0.15, 0.2) is 0 Å². The van der Waals surface area contributed by atoms with Crippen LogP contribution in [0.2, 0.25) is 0 Å². The van der Waals surface area contributed by atoms with Gasteiger partial charge in [0.1, 0.15) is 73.2 Å². The van der Waals surface area contributed by atoms with Gasteiger partial charge in [0.15, 0.2) is 49.6 Å². The lowest BCUT2D eigenvalue weighted by Crippen LogP contribution is -2.68. The molecule has 0 aliphatic carbocycles. The molecule has 0 aromatic rings. The van der Waals surface area contributed by atoms with Crippen LogP contribution in [-0.4, -0.2) is 226 Å². The summed E-state index contributed by atoms with van der Waals surface area (Å²) in [6.07, 6.45) is -42.2. The van der Waals surface area contributed by atoms with E-state index in [0.29, 0.717) is 0 Å². The topological polar surface area (TPSA) is 372 Å². The first-order valence-corrected chi connectivity index (χ1v) is 15.6. The molecule has 4 saturated heterocycles. The number of carbonyl (C=O) groups is 4. The molecular weight excluding hydrogens is 736 g/mol. The van der Waals surface area contributed by atoms with Gasteiger partial charge in [-0.3, -0.25) is 0 Å². The lowest BCUT2D eigenvalue weighted by molar-refractivity contribution is -0.378. The van der Waals surface area contributed by atoms with Gasteiger partial charge in [-0.05, 0) is 0 Å². The lowest BCUT2D eigenvalue weighted by atomic mass is 9.95. The zero-order chi connectivity index (χ0) is 39.6. The summed E-state index contributed by atoms with van der Waals surface area (Å²) in [5.41, 5.74) is 0. The van der Waals surface area contributed by atoms with E-state index >= 15 is 0 Å². The second-order valence-corrected chi connectivity index (χ2v) is 12.0. The SMILES string of the molecule is COC(=O)[C@H]1O[C@H](O[C@@H]2[C@H](O)[C@@H](O)[C@@H](O[C@@H]3[C@H](O)[C@@H](O)[C@@H](O[C@@H]4[C@H](O)[C@@H](O)[C@@H](O)O[C@@H]4C(=O)OC)O[C@@H]3C(=O)OC)O[C@@H]2C(=O)OC)[C@H](O)[C@@H](O)[C@H]1O. The molecule has 53 heavy (non-hydrogen) atoms. The van der Waals surface area contributed by atoms with Crippen molar-refractivity contribution in [1.82, 2.24) is 0 Å². The highest BCUT2D eigenvalue weighted by Crippen LogP contribution is 2.35. The number of hydrogen-bond donors (Lipinski definition) is 10. The van der Waals surface area contributed by atoms with Gasteiger partial charge in [-0.2, -0.15) is 0 Å². The molecule has 4 rings (SSSR count). The van der Waals surface area contributed by atoms with Crippen molar-refractivity contribution in [1.29, 1.82) is 0 Å². The standard InChI is InChI=1S/C28H42O25/c1-43-22(39)17-6(30)5(29)11(35)26(51-17)49-15-8(32)13(37)28(53-19(15)24(41)45-3)50-16-9(33)12(36)27(52-20(16)25(42)46-4)48-14-7(31)10(34)21(38)47-18(14)23(40)44-2/h5-21,26-38H,1-4H3/t5-,6+,7+,8+,9+,10+,11+,12+,13+,14+,15+,16+,17-,18-,19-,20-,21-,26-,27-,28-/m0/s1. The molecule has 25 heteroatoms. The molecule has 10 N–H and O–H groups in total. The minimum absolute atomic E-state index is 0.868. The van der Waals surface area contributed by atoms with Gasteiger partial charge in [0.05, 0.1) is 28.4 Å². The van der Waals surface area contributed by atoms with Crippen LogP contribution >= 0.6 is 0 Å². The fraction of sp³-hybridized carbons (Fsp3) is 0.857. The first-order chi connectivity index (χ1) is 24.9. The zero-order valence-corrected chi connectivity index (χ0v) is 28.1. The quantitative estimate of drug-likeness (QED) is 0.0727. The van der Waals surface area contributed by atoms with E-state index in [0.717, 1.165) is 28.4 Å². The first-order valence-electron chi connectivity index (χ1n) is 15.6. The van der Waals surface area contributed by atoms with Gasteiger partial charge in [0, 0.05) is 0 Å². The third-order valence-electron chi connectivity index (χ3n) is 8.83. The van der Waals surface area contributed by atoms with Gasteiger partial charge < -0.3 is 103 Å². The zero-order valence-electron chi connectivity index (χ0n) is 28.1. The number of ether oxygens (including phenoxy) is 11. The van der Waals surface area contributed by atoms with Gasteiger partial charge >= 0.3 is 23.9 Å². The molecule has 0 saturated carbocycles. The van der Waals surface area contributed by atoms with Gasteiger partial charge in [-0.1, -0.05) is 0 Å². The number of rotatable bonds is 10. The van der Waals surface area contributed by atoms with Crippen LogP contribution in [0.4, 0.5) is 0 Å². The summed E-state index contributed by atoms with van der Waals surface area (Å²) in [6.45, 7) is 0. The second kappa shape index (κ2) is 17.8. The molecular formula is C28H42O25. The fourth-order valence-corrected chi connectivity index (χ4v) is 5.86. The normalized spacial score (nSPS) is 46.2. The molecule has 4 fully saturated rings. The maximum absolute atomic E-state index is 12.8. The van der Waals surface area contributed by atoms with Crippen LogP contribution in [-0.2, 0) is 71.3 Å². The predicted molar refractivity (Wildman–Crippen MR) is 154 cm³/mol. The average molecular weight is 779 g/mol. The van der Waals surface area contributed by atoms with Crippen molar-refractivity contribution in [3.8, 4) is 0 Å². The third-order valence-corrected chi connectivity index (χ3v) is 8.83. The second-order valence-electron chi connectivity index (χ2n) is 12.0. The highest BCUT2D eigenvalue weighted by Gasteiger charge is 2.58. The van der Waals surface area contributed by atoms with Crippen molar-refractivity contribution in [2.45, 2.75) is 123 Å². The number of aliphatic hydroxyl groups is 10. The molecule has 0 aromatic heterocycles.